The lowest BCUT2D eigenvalue weighted by Gasteiger charge is -2.25. The van der Waals surface area contributed by atoms with E-state index in [1.807, 2.05) is 24.0 Å². The number of ether oxygens (including phenoxy) is 1. The highest BCUT2D eigenvalue weighted by atomic mass is 32.1. The van der Waals surface area contributed by atoms with Crippen LogP contribution in [0.25, 0.3) is 10.1 Å². The molecule has 1 aliphatic heterocycles. The van der Waals surface area contributed by atoms with E-state index < -0.39 is 0 Å². The van der Waals surface area contributed by atoms with Gasteiger partial charge in [0, 0.05) is 36.8 Å². The van der Waals surface area contributed by atoms with Crippen molar-refractivity contribution in [3.8, 4) is 0 Å². The summed E-state index contributed by atoms with van der Waals surface area (Å²) in [5, 5.41) is 0.807. The van der Waals surface area contributed by atoms with E-state index in [9.17, 15) is 9.18 Å². The zero-order valence-corrected chi connectivity index (χ0v) is 16.0. The molecule has 1 saturated heterocycles. The van der Waals surface area contributed by atoms with Crippen molar-refractivity contribution in [3.63, 3.8) is 0 Å². The predicted octanol–water partition coefficient (Wildman–Crippen LogP) is 4.57. The first kappa shape index (κ1) is 18.1. The molecule has 4 rings (SSSR count). The van der Waals surface area contributed by atoms with Crippen molar-refractivity contribution in [2.24, 2.45) is 0 Å². The van der Waals surface area contributed by atoms with Crippen LogP contribution in [0, 0.1) is 12.7 Å². The largest absolute Gasteiger partial charge is 0.376 e. The monoisotopic (exact) mass is 384 g/mol. The lowest BCUT2D eigenvalue weighted by atomic mass is 10.1. The number of hydrogen-bond acceptors (Lipinski definition) is 4. The van der Waals surface area contributed by atoms with E-state index in [0.717, 1.165) is 40.7 Å². The van der Waals surface area contributed by atoms with Gasteiger partial charge in [0.05, 0.1) is 11.0 Å². The summed E-state index contributed by atoms with van der Waals surface area (Å²) in [5.74, 6) is -0.317. The number of carbonyl (C=O) groups excluding carboxylic acids is 1. The summed E-state index contributed by atoms with van der Waals surface area (Å²) in [6, 6.07) is 8.52. The van der Waals surface area contributed by atoms with Crippen LogP contribution in [-0.2, 0) is 11.3 Å². The second-order valence-corrected chi connectivity index (χ2v) is 7.93. The van der Waals surface area contributed by atoms with E-state index in [4.69, 9.17) is 4.74 Å². The molecule has 1 aromatic carbocycles. The molecule has 0 saturated carbocycles. The second-order valence-electron chi connectivity index (χ2n) is 6.88. The third-order valence-electron chi connectivity index (χ3n) is 4.92. The Morgan fingerprint density at radius 3 is 3.04 bits per heavy atom. The van der Waals surface area contributed by atoms with E-state index in [1.54, 1.807) is 18.5 Å². The van der Waals surface area contributed by atoms with Gasteiger partial charge in [0.2, 0.25) is 0 Å². The molecule has 3 heterocycles. The molecular weight excluding hydrogens is 363 g/mol. The lowest BCUT2D eigenvalue weighted by molar-refractivity contribution is 0.0510. The van der Waals surface area contributed by atoms with Crippen LogP contribution in [0.3, 0.4) is 0 Å². The summed E-state index contributed by atoms with van der Waals surface area (Å²) >= 11 is 1.42. The molecule has 0 radical (unpaired) electrons. The maximum absolute atomic E-state index is 13.6. The Hall–Kier alpha value is -2.31. The highest BCUT2D eigenvalue weighted by Gasteiger charge is 2.26. The number of aryl methyl sites for hydroxylation is 1. The summed E-state index contributed by atoms with van der Waals surface area (Å²) in [7, 11) is 0. The molecule has 4 nitrogen and oxygen atoms in total. The quantitative estimate of drug-likeness (QED) is 0.647. The standard InChI is InChI=1S/C21H21FN2O2S/c1-14-18-10-16(22)6-7-19(18)27-20(14)21(25)24(13-17-5-3-9-26-17)12-15-4-2-8-23-11-15/h2,4,6-8,10-11,17H,3,5,9,12-13H2,1H3. The Kier molecular flexibility index (Phi) is 5.18. The molecule has 1 unspecified atom stereocenters. The Balaban J connectivity index is 1.65. The summed E-state index contributed by atoms with van der Waals surface area (Å²) in [6.07, 6.45) is 5.56. The number of carbonyl (C=O) groups is 1. The maximum Gasteiger partial charge on any atom is 0.264 e. The number of thiophene rings is 1. The van der Waals surface area contributed by atoms with Crippen molar-refractivity contribution in [1.29, 1.82) is 0 Å². The smallest absolute Gasteiger partial charge is 0.264 e. The molecule has 0 bridgehead atoms. The molecule has 1 amide bonds. The molecule has 1 fully saturated rings. The minimum Gasteiger partial charge on any atom is -0.376 e. The van der Waals surface area contributed by atoms with E-state index in [0.29, 0.717) is 18.0 Å². The minimum atomic E-state index is -0.283. The van der Waals surface area contributed by atoms with Gasteiger partial charge in [0.1, 0.15) is 5.82 Å². The van der Waals surface area contributed by atoms with Crippen LogP contribution in [0.1, 0.15) is 33.6 Å². The van der Waals surface area contributed by atoms with E-state index in [-0.39, 0.29) is 17.8 Å². The van der Waals surface area contributed by atoms with Crippen LogP contribution < -0.4 is 0 Å². The van der Waals surface area contributed by atoms with Crippen LogP contribution >= 0.6 is 11.3 Å². The molecule has 2 aromatic heterocycles. The molecule has 27 heavy (non-hydrogen) atoms. The van der Waals surface area contributed by atoms with Crippen molar-refractivity contribution in [3.05, 3.63) is 64.5 Å². The van der Waals surface area contributed by atoms with Gasteiger partial charge in [-0.05, 0) is 60.5 Å². The SMILES string of the molecule is Cc1c(C(=O)N(Cc2cccnc2)CC2CCCO2)sc2ccc(F)cc12. The molecule has 0 aliphatic carbocycles. The van der Waals surface area contributed by atoms with Crippen LogP contribution in [0.4, 0.5) is 4.39 Å². The first-order valence-corrected chi connectivity index (χ1v) is 9.92. The number of rotatable bonds is 5. The van der Waals surface area contributed by atoms with Gasteiger partial charge in [-0.3, -0.25) is 9.78 Å². The Bertz CT molecular complexity index is 951. The third-order valence-corrected chi connectivity index (χ3v) is 6.18. The number of fused-ring (bicyclic) bond motifs is 1. The maximum atomic E-state index is 13.6. The van der Waals surface area contributed by atoms with Gasteiger partial charge in [-0.1, -0.05) is 6.07 Å². The highest BCUT2D eigenvalue weighted by molar-refractivity contribution is 7.21. The topological polar surface area (TPSA) is 42.4 Å². The number of aromatic nitrogens is 1. The first-order valence-electron chi connectivity index (χ1n) is 9.10. The van der Waals surface area contributed by atoms with Crippen molar-refractivity contribution < 1.29 is 13.9 Å². The Morgan fingerprint density at radius 1 is 1.41 bits per heavy atom. The fourth-order valence-electron chi connectivity index (χ4n) is 3.51. The molecule has 1 atom stereocenters. The minimum absolute atomic E-state index is 0.0338. The highest BCUT2D eigenvalue weighted by Crippen LogP contribution is 2.32. The summed E-state index contributed by atoms with van der Waals surface area (Å²) in [6.45, 7) is 3.67. The molecule has 3 aromatic rings. The number of nitrogens with zero attached hydrogens (tertiary/aromatic N) is 2. The van der Waals surface area contributed by atoms with Crippen LogP contribution in [-0.4, -0.2) is 35.0 Å². The average molecular weight is 384 g/mol. The fraction of sp³-hybridized carbons (Fsp3) is 0.333. The molecule has 6 heteroatoms. The summed E-state index contributed by atoms with van der Waals surface area (Å²) in [5.41, 5.74) is 1.82. The molecule has 1 aliphatic rings. The van der Waals surface area contributed by atoms with Crippen molar-refractivity contribution in [2.75, 3.05) is 13.2 Å². The molecule has 0 N–H and O–H groups in total. The molecule has 0 spiro atoms. The Morgan fingerprint density at radius 2 is 2.30 bits per heavy atom. The summed E-state index contributed by atoms with van der Waals surface area (Å²) in [4.78, 5) is 20.0. The number of hydrogen-bond donors (Lipinski definition) is 0. The van der Waals surface area contributed by atoms with Crippen molar-refractivity contribution >= 4 is 27.3 Å². The normalized spacial score (nSPS) is 16.7. The second kappa shape index (κ2) is 7.74. The number of halogens is 1. The fourth-order valence-corrected chi connectivity index (χ4v) is 4.66. The van der Waals surface area contributed by atoms with Crippen LogP contribution in [0.2, 0.25) is 0 Å². The zero-order valence-electron chi connectivity index (χ0n) is 15.2. The van der Waals surface area contributed by atoms with Gasteiger partial charge in [-0.15, -0.1) is 11.3 Å². The summed E-state index contributed by atoms with van der Waals surface area (Å²) < 4.78 is 20.3. The van der Waals surface area contributed by atoms with Gasteiger partial charge in [-0.2, -0.15) is 0 Å². The number of amides is 1. The number of pyridine rings is 1. The van der Waals surface area contributed by atoms with E-state index >= 15 is 0 Å². The van der Waals surface area contributed by atoms with E-state index in [1.165, 1.54) is 23.5 Å². The lowest BCUT2D eigenvalue weighted by Crippen LogP contribution is -2.36. The Labute approximate surface area is 161 Å². The van der Waals surface area contributed by atoms with Crippen molar-refractivity contribution in [2.45, 2.75) is 32.4 Å². The average Bonchev–Trinajstić information content (AvgIpc) is 3.30. The van der Waals surface area contributed by atoms with Gasteiger partial charge in [0.25, 0.3) is 5.91 Å². The van der Waals surface area contributed by atoms with Gasteiger partial charge < -0.3 is 9.64 Å². The molecule has 140 valence electrons. The van der Waals surface area contributed by atoms with Crippen LogP contribution in [0.15, 0.2) is 42.7 Å². The van der Waals surface area contributed by atoms with Gasteiger partial charge >= 0.3 is 0 Å². The van der Waals surface area contributed by atoms with Gasteiger partial charge in [0.15, 0.2) is 0 Å². The predicted molar refractivity (Wildman–Crippen MR) is 104 cm³/mol. The van der Waals surface area contributed by atoms with Gasteiger partial charge in [-0.25, -0.2) is 4.39 Å². The first-order chi connectivity index (χ1) is 13.1. The third kappa shape index (κ3) is 3.87. The van der Waals surface area contributed by atoms with E-state index in [2.05, 4.69) is 4.98 Å². The molecular formula is C21H21FN2O2S. The zero-order chi connectivity index (χ0) is 18.8. The van der Waals surface area contributed by atoms with Crippen molar-refractivity contribution in [1.82, 2.24) is 9.88 Å². The number of benzene rings is 1. The van der Waals surface area contributed by atoms with Crippen LogP contribution in [0.5, 0.6) is 0 Å².